The molecule has 0 aliphatic carbocycles. The summed E-state index contributed by atoms with van der Waals surface area (Å²) in [6.07, 6.45) is 1.98. The average Bonchev–Trinajstić information content (AvgIpc) is 2.77. The van der Waals surface area contributed by atoms with Gasteiger partial charge in [0.25, 0.3) is 5.91 Å². The van der Waals surface area contributed by atoms with Gasteiger partial charge in [-0.2, -0.15) is 5.26 Å². The molecule has 1 N–H and O–H groups in total. The lowest BCUT2D eigenvalue weighted by Gasteiger charge is -2.13. The molecule has 0 atom stereocenters. The Morgan fingerprint density at radius 3 is 2.93 bits per heavy atom. The number of hydrogen-bond donors (Lipinski definition) is 1. The zero-order chi connectivity index (χ0) is 11.3. The average molecular weight is 209 g/mol. The highest BCUT2D eigenvalue weighted by atomic mass is 16.7. The van der Waals surface area contributed by atoms with Crippen molar-refractivity contribution in [2.24, 2.45) is 0 Å². The number of carbonyl (C=O) groups excluding carboxylic acids is 1. The molecule has 0 radical (unpaired) electrons. The molecule has 1 fully saturated rings. The highest BCUT2D eigenvalue weighted by Crippen LogP contribution is 2.16. The summed E-state index contributed by atoms with van der Waals surface area (Å²) in [5.41, 5.74) is 1.41. The third kappa shape index (κ3) is 2.96. The minimum atomic E-state index is -0.213. The Bertz CT molecular complexity index is 309. The molecule has 1 aliphatic rings. The fourth-order valence-electron chi connectivity index (χ4n) is 1.43. The standard InChI is InChI=1S/C10H15N3O2/c1-13(15-2)10(14)6-8(7-11)9-4-3-5-12-9/h12H,3-6H2,1-2H3. The van der Waals surface area contributed by atoms with Crippen LogP contribution in [-0.4, -0.2) is 31.7 Å². The number of nitrogens with zero attached hydrogens (tertiary/aromatic N) is 2. The molecule has 1 heterocycles. The van der Waals surface area contributed by atoms with Crippen molar-refractivity contribution >= 4 is 5.91 Å². The summed E-state index contributed by atoms with van der Waals surface area (Å²) in [6.45, 7) is 0.884. The summed E-state index contributed by atoms with van der Waals surface area (Å²) >= 11 is 0. The smallest absolute Gasteiger partial charge is 0.251 e. The highest BCUT2D eigenvalue weighted by molar-refractivity contribution is 5.78. The Balaban J connectivity index is 2.66. The van der Waals surface area contributed by atoms with Crippen molar-refractivity contribution in [3.05, 3.63) is 11.3 Å². The normalized spacial score (nSPS) is 17.9. The SMILES string of the molecule is CON(C)C(=O)CC(C#N)=C1CCCN1. The van der Waals surface area contributed by atoms with E-state index in [1.54, 1.807) is 0 Å². The summed E-state index contributed by atoms with van der Waals surface area (Å²) in [7, 11) is 2.95. The van der Waals surface area contributed by atoms with Crippen LogP contribution in [0.1, 0.15) is 19.3 Å². The molecule has 15 heavy (non-hydrogen) atoms. The minimum absolute atomic E-state index is 0.100. The number of nitriles is 1. The molecule has 0 aromatic heterocycles. The maximum absolute atomic E-state index is 11.5. The van der Waals surface area contributed by atoms with Gasteiger partial charge in [0, 0.05) is 19.3 Å². The molecule has 0 unspecified atom stereocenters. The van der Waals surface area contributed by atoms with Crippen LogP contribution in [0.4, 0.5) is 0 Å². The van der Waals surface area contributed by atoms with Crippen molar-refractivity contribution < 1.29 is 9.63 Å². The van der Waals surface area contributed by atoms with Gasteiger partial charge in [0.2, 0.25) is 0 Å². The van der Waals surface area contributed by atoms with Gasteiger partial charge < -0.3 is 5.32 Å². The molecule has 1 rings (SSSR count). The molecule has 1 aliphatic heterocycles. The molecule has 0 saturated carbocycles. The van der Waals surface area contributed by atoms with Crippen LogP contribution in [0.25, 0.3) is 0 Å². The second kappa shape index (κ2) is 5.37. The first-order valence-corrected chi connectivity index (χ1v) is 4.85. The fraction of sp³-hybridized carbons (Fsp3) is 0.600. The van der Waals surface area contributed by atoms with E-state index in [1.807, 2.05) is 0 Å². The zero-order valence-electron chi connectivity index (χ0n) is 9.04. The maximum atomic E-state index is 11.5. The summed E-state index contributed by atoms with van der Waals surface area (Å²) in [5, 5.41) is 13.2. The van der Waals surface area contributed by atoms with Crippen LogP contribution < -0.4 is 5.32 Å². The van der Waals surface area contributed by atoms with Crippen LogP contribution in [0.2, 0.25) is 0 Å². The number of nitrogens with one attached hydrogen (secondary N) is 1. The summed E-state index contributed by atoms with van der Waals surface area (Å²) in [6, 6.07) is 2.07. The molecule has 1 saturated heterocycles. The molecule has 0 aromatic carbocycles. The van der Waals surface area contributed by atoms with Gasteiger partial charge in [-0.05, 0) is 12.8 Å². The van der Waals surface area contributed by atoms with Crippen LogP contribution in [0, 0.1) is 11.3 Å². The third-order valence-electron chi connectivity index (χ3n) is 2.39. The van der Waals surface area contributed by atoms with Crippen molar-refractivity contribution in [2.75, 3.05) is 20.7 Å². The first kappa shape index (κ1) is 11.5. The van der Waals surface area contributed by atoms with Crippen LogP contribution in [0.3, 0.4) is 0 Å². The second-order valence-corrected chi connectivity index (χ2v) is 3.35. The molecular weight excluding hydrogens is 194 g/mol. The number of rotatable bonds is 3. The van der Waals surface area contributed by atoms with E-state index in [9.17, 15) is 4.79 Å². The van der Waals surface area contributed by atoms with Gasteiger partial charge in [-0.15, -0.1) is 0 Å². The lowest BCUT2D eigenvalue weighted by Crippen LogP contribution is -2.26. The van der Waals surface area contributed by atoms with Gasteiger partial charge in [0.05, 0.1) is 25.2 Å². The van der Waals surface area contributed by atoms with Crippen molar-refractivity contribution in [2.45, 2.75) is 19.3 Å². The van der Waals surface area contributed by atoms with E-state index in [2.05, 4.69) is 11.4 Å². The monoisotopic (exact) mass is 209 g/mol. The Labute approximate surface area is 89.3 Å². The van der Waals surface area contributed by atoms with Crippen LogP contribution in [0.15, 0.2) is 11.3 Å². The molecule has 0 bridgehead atoms. The Morgan fingerprint density at radius 1 is 1.73 bits per heavy atom. The predicted octanol–water partition coefficient (Wildman–Crippen LogP) is 0.557. The summed E-state index contributed by atoms with van der Waals surface area (Å²) in [4.78, 5) is 16.2. The van der Waals surface area contributed by atoms with Crippen LogP contribution >= 0.6 is 0 Å². The lowest BCUT2D eigenvalue weighted by molar-refractivity contribution is -0.167. The fourth-order valence-corrected chi connectivity index (χ4v) is 1.43. The van der Waals surface area contributed by atoms with Gasteiger partial charge >= 0.3 is 0 Å². The van der Waals surface area contributed by atoms with Crippen molar-refractivity contribution in [3.8, 4) is 6.07 Å². The Kier molecular flexibility index (Phi) is 4.13. The quantitative estimate of drug-likeness (QED) is 0.544. The predicted molar refractivity (Wildman–Crippen MR) is 54.3 cm³/mol. The second-order valence-electron chi connectivity index (χ2n) is 3.35. The van der Waals surface area contributed by atoms with E-state index < -0.39 is 0 Å². The van der Waals surface area contributed by atoms with E-state index in [0.29, 0.717) is 5.57 Å². The van der Waals surface area contributed by atoms with Crippen molar-refractivity contribution in [3.63, 3.8) is 0 Å². The van der Waals surface area contributed by atoms with E-state index >= 15 is 0 Å². The number of allylic oxidation sites excluding steroid dienone is 1. The number of amides is 1. The van der Waals surface area contributed by atoms with Crippen molar-refractivity contribution in [1.82, 2.24) is 10.4 Å². The summed E-state index contributed by atoms with van der Waals surface area (Å²) in [5.74, 6) is -0.213. The third-order valence-corrected chi connectivity index (χ3v) is 2.39. The molecule has 1 amide bonds. The Morgan fingerprint density at radius 2 is 2.47 bits per heavy atom. The first-order chi connectivity index (χ1) is 7.19. The minimum Gasteiger partial charge on any atom is -0.388 e. The van der Waals surface area contributed by atoms with E-state index in [-0.39, 0.29) is 12.3 Å². The first-order valence-electron chi connectivity index (χ1n) is 4.85. The number of hydroxylamine groups is 2. The molecular formula is C10H15N3O2. The largest absolute Gasteiger partial charge is 0.388 e. The van der Waals surface area contributed by atoms with Gasteiger partial charge in [-0.3, -0.25) is 9.63 Å². The molecule has 5 nitrogen and oxygen atoms in total. The van der Waals surface area contributed by atoms with Gasteiger partial charge in [0.15, 0.2) is 0 Å². The molecule has 82 valence electrons. The molecule has 0 spiro atoms. The molecule has 5 heteroatoms. The Hall–Kier alpha value is -1.54. The van der Waals surface area contributed by atoms with Gasteiger partial charge in [-0.25, -0.2) is 5.06 Å². The number of carbonyl (C=O) groups is 1. The topological polar surface area (TPSA) is 65.4 Å². The van der Waals surface area contributed by atoms with E-state index in [1.165, 1.54) is 14.2 Å². The zero-order valence-corrected chi connectivity index (χ0v) is 9.04. The van der Waals surface area contributed by atoms with Crippen LogP contribution in [0.5, 0.6) is 0 Å². The molecule has 0 aromatic rings. The van der Waals surface area contributed by atoms with Gasteiger partial charge in [0.1, 0.15) is 0 Å². The van der Waals surface area contributed by atoms with Crippen LogP contribution in [-0.2, 0) is 9.63 Å². The highest BCUT2D eigenvalue weighted by Gasteiger charge is 2.16. The van der Waals surface area contributed by atoms with E-state index in [4.69, 9.17) is 10.1 Å². The van der Waals surface area contributed by atoms with E-state index in [0.717, 1.165) is 30.1 Å². The van der Waals surface area contributed by atoms with Crippen molar-refractivity contribution in [1.29, 1.82) is 5.26 Å². The summed E-state index contributed by atoms with van der Waals surface area (Å²) < 4.78 is 0. The van der Waals surface area contributed by atoms with Gasteiger partial charge in [-0.1, -0.05) is 0 Å². The lowest BCUT2D eigenvalue weighted by atomic mass is 10.1. The number of hydrogen-bond acceptors (Lipinski definition) is 4. The maximum Gasteiger partial charge on any atom is 0.251 e.